The second-order valence-corrected chi connectivity index (χ2v) is 0.796. The highest BCUT2D eigenvalue weighted by molar-refractivity contribution is 5.49. The number of rotatable bonds is 2. The van der Waals surface area contributed by atoms with Crippen molar-refractivity contribution >= 4 is 13.1 Å². The molecule has 0 fully saturated rings. The minimum atomic E-state index is -0.361. The average Bonchev–Trinajstić information content (AvgIpc) is 2.23. The van der Waals surface area contributed by atoms with Crippen LogP contribution in [0.25, 0.3) is 0 Å². The molecule has 0 aliphatic carbocycles. The van der Waals surface area contributed by atoms with Crippen molar-refractivity contribution < 1.29 is 30.0 Å². The molecule has 0 aliphatic heterocycles. The van der Waals surface area contributed by atoms with Gasteiger partial charge < -0.3 is 30.0 Å². The number of aldehydes is 1. The van der Waals surface area contributed by atoms with Crippen LogP contribution in [0.1, 0.15) is 7.43 Å². The highest BCUT2D eigenvalue weighted by Crippen LogP contribution is 1.39. The summed E-state index contributed by atoms with van der Waals surface area (Å²) < 4.78 is 0. The lowest BCUT2D eigenvalue weighted by molar-refractivity contribution is -0.110. The van der Waals surface area contributed by atoms with Gasteiger partial charge in [-0.2, -0.15) is 0 Å². The van der Waals surface area contributed by atoms with E-state index < -0.39 is 0 Å². The Labute approximate surface area is 78.5 Å². The minimum absolute atomic E-state index is 0. The van der Waals surface area contributed by atoms with Crippen LogP contribution >= 0.6 is 0 Å². The molecule has 0 amide bonds. The Morgan fingerprint density at radius 2 is 1.23 bits per heavy atom. The summed E-state index contributed by atoms with van der Waals surface area (Å²) in [5, 5.41) is 29.8. The molecular weight excluding hydrogens is 180 g/mol. The Morgan fingerprint density at radius 3 is 1.23 bits per heavy atom. The predicted molar refractivity (Wildman–Crippen MR) is 49.3 cm³/mol. The van der Waals surface area contributed by atoms with Gasteiger partial charge in [-0.05, 0) is 0 Å². The van der Waals surface area contributed by atoms with E-state index in [1.165, 1.54) is 0 Å². The van der Waals surface area contributed by atoms with E-state index >= 15 is 0 Å². The lowest BCUT2D eigenvalue weighted by Gasteiger charge is -1.70. The van der Waals surface area contributed by atoms with Crippen LogP contribution in [0.5, 0.6) is 0 Å². The molecule has 84 valence electrons. The van der Waals surface area contributed by atoms with Crippen molar-refractivity contribution in [3.05, 3.63) is 0 Å². The van der Waals surface area contributed by atoms with Gasteiger partial charge in [0.25, 0.3) is 0 Å². The van der Waals surface area contributed by atoms with Gasteiger partial charge in [0.15, 0.2) is 0 Å². The molecular formula is C7H20O6. The summed E-state index contributed by atoms with van der Waals surface area (Å²) in [5.74, 6) is 0. The van der Waals surface area contributed by atoms with E-state index in [0.717, 1.165) is 7.11 Å². The first kappa shape index (κ1) is 29.5. The van der Waals surface area contributed by atoms with E-state index in [4.69, 9.17) is 30.0 Å². The van der Waals surface area contributed by atoms with Crippen LogP contribution in [0.2, 0.25) is 0 Å². The van der Waals surface area contributed by atoms with Gasteiger partial charge in [0, 0.05) is 7.11 Å². The molecule has 0 aliphatic rings. The summed E-state index contributed by atoms with van der Waals surface area (Å²) in [6, 6.07) is 0. The number of carbonyl (C=O) groups is 2. The molecule has 0 aromatic heterocycles. The summed E-state index contributed by atoms with van der Waals surface area (Å²) in [6.45, 7) is 1.39. The van der Waals surface area contributed by atoms with Gasteiger partial charge in [0.1, 0.15) is 13.1 Å². The highest BCUT2D eigenvalue weighted by Gasteiger charge is 1.58. The second kappa shape index (κ2) is 115. The lowest BCUT2D eigenvalue weighted by atomic mass is 10.8. The van der Waals surface area contributed by atoms with E-state index in [1.807, 2.05) is 6.79 Å². The van der Waals surface area contributed by atoms with Gasteiger partial charge >= 0.3 is 0 Å². The molecule has 0 bridgehead atoms. The van der Waals surface area contributed by atoms with Gasteiger partial charge in [0.2, 0.25) is 0 Å². The molecule has 0 rings (SSSR count). The zero-order valence-corrected chi connectivity index (χ0v) is 7.01. The first-order valence-electron chi connectivity index (χ1n) is 2.83. The SMILES string of the molecule is C.C=O.CO.O=CCO.OCCO. The molecule has 0 unspecified atom stereocenters. The molecule has 0 atom stereocenters. The molecule has 0 saturated carbocycles. The van der Waals surface area contributed by atoms with Gasteiger partial charge in [-0.1, -0.05) is 7.43 Å². The van der Waals surface area contributed by atoms with Crippen molar-refractivity contribution in [2.75, 3.05) is 26.9 Å². The molecule has 6 heteroatoms. The van der Waals surface area contributed by atoms with Crippen LogP contribution in [-0.2, 0) is 9.59 Å². The minimum Gasteiger partial charge on any atom is -0.400 e. The fourth-order valence-electron chi connectivity index (χ4n) is 0. The lowest BCUT2D eigenvalue weighted by Crippen LogP contribution is -1.85. The molecule has 0 aromatic rings. The zero-order valence-electron chi connectivity index (χ0n) is 7.01. The van der Waals surface area contributed by atoms with E-state index in [9.17, 15) is 0 Å². The summed E-state index contributed by atoms with van der Waals surface area (Å²) in [5.41, 5.74) is 0. The van der Waals surface area contributed by atoms with Crippen molar-refractivity contribution in [2.45, 2.75) is 7.43 Å². The molecule has 0 heterocycles. The Hall–Kier alpha value is -0.820. The van der Waals surface area contributed by atoms with Gasteiger partial charge in [0.05, 0.1) is 19.8 Å². The molecule has 4 N–H and O–H groups in total. The number of carbonyl (C=O) groups excluding carboxylic acids is 2. The fourth-order valence-corrected chi connectivity index (χ4v) is 0. The summed E-state index contributed by atoms with van der Waals surface area (Å²) in [6.07, 6.45) is 0.431. The van der Waals surface area contributed by atoms with Crippen molar-refractivity contribution in [3.8, 4) is 0 Å². The van der Waals surface area contributed by atoms with Crippen molar-refractivity contribution in [1.82, 2.24) is 0 Å². The first-order valence-corrected chi connectivity index (χ1v) is 2.83. The summed E-state index contributed by atoms with van der Waals surface area (Å²) >= 11 is 0. The quantitative estimate of drug-likeness (QED) is 0.391. The standard InChI is InChI=1S/C2H6O2.C2H4O2.CH4O.CH2O.CH4/c2*3-1-2-4;2*1-2;/h3-4H,1-2H2;1,4H,2H2;2H,1H3;1H2;1H4. The van der Waals surface area contributed by atoms with Crippen LogP contribution < -0.4 is 0 Å². The predicted octanol–water partition coefficient (Wildman–Crippen LogP) is -1.79. The summed E-state index contributed by atoms with van der Waals surface area (Å²) in [4.78, 5) is 16.9. The van der Waals surface area contributed by atoms with E-state index in [2.05, 4.69) is 0 Å². The molecule has 0 radical (unpaired) electrons. The third-order valence-electron chi connectivity index (χ3n) is 0.175. The third kappa shape index (κ3) is 677. The van der Waals surface area contributed by atoms with E-state index in [-0.39, 0.29) is 27.2 Å². The third-order valence-corrected chi connectivity index (χ3v) is 0.175. The van der Waals surface area contributed by atoms with Gasteiger partial charge in [-0.15, -0.1) is 0 Å². The van der Waals surface area contributed by atoms with Crippen LogP contribution in [0, 0.1) is 0 Å². The Kier molecular flexibility index (Phi) is 260. The Balaban J connectivity index is -0.0000000226. The topological polar surface area (TPSA) is 115 Å². The van der Waals surface area contributed by atoms with Crippen molar-refractivity contribution in [3.63, 3.8) is 0 Å². The number of hydrogen-bond acceptors (Lipinski definition) is 6. The monoisotopic (exact) mass is 200 g/mol. The molecule has 6 nitrogen and oxygen atoms in total. The maximum atomic E-state index is 8.92. The second-order valence-electron chi connectivity index (χ2n) is 0.796. The molecule has 0 saturated heterocycles. The first-order chi connectivity index (χ1) is 5.83. The maximum absolute atomic E-state index is 8.92. The van der Waals surface area contributed by atoms with Crippen LogP contribution in [-0.4, -0.2) is 60.4 Å². The van der Waals surface area contributed by atoms with Crippen LogP contribution in [0.4, 0.5) is 0 Å². The van der Waals surface area contributed by atoms with Gasteiger partial charge in [-0.3, -0.25) is 0 Å². The summed E-state index contributed by atoms with van der Waals surface area (Å²) in [7, 11) is 1.00. The number of hydrogen-bond donors (Lipinski definition) is 4. The Morgan fingerprint density at radius 1 is 1.08 bits per heavy atom. The van der Waals surface area contributed by atoms with E-state index in [1.54, 1.807) is 0 Å². The van der Waals surface area contributed by atoms with Crippen LogP contribution in [0.3, 0.4) is 0 Å². The number of aliphatic hydroxyl groups is 4. The maximum Gasteiger partial charge on any atom is 0.145 e. The van der Waals surface area contributed by atoms with Gasteiger partial charge in [-0.25, -0.2) is 0 Å². The fraction of sp³-hybridized carbons (Fsp3) is 0.714. The Bertz CT molecular complexity index is 48.2. The largest absolute Gasteiger partial charge is 0.400 e. The normalized spacial score (nSPS) is 5.00. The molecule has 0 spiro atoms. The van der Waals surface area contributed by atoms with E-state index in [0.29, 0.717) is 6.29 Å². The zero-order chi connectivity index (χ0) is 10.8. The molecule has 13 heavy (non-hydrogen) atoms. The van der Waals surface area contributed by atoms with Crippen LogP contribution in [0.15, 0.2) is 0 Å². The smallest absolute Gasteiger partial charge is 0.145 e. The molecule has 0 aromatic carbocycles. The van der Waals surface area contributed by atoms with Crippen molar-refractivity contribution in [2.24, 2.45) is 0 Å². The number of aliphatic hydroxyl groups excluding tert-OH is 4. The average molecular weight is 200 g/mol. The van der Waals surface area contributed by atoms with Crippen molar-refractivity contribution in [1.29, 1.82) is 0 Å². The highest BCUT2D eigenvalue weighted by atomic mass is 16.3.